The zero-order valence-electron chi connectivity index (χ0n) is 7.72. The summed E-state index contributed by atoms with van der Waals surface area (Å²) < 4.78 is 18.2. The molecule has 0 aliphatic rings. The quantitative estimate of drug-likeness (QED) is 0.536. The van der Waals surface area contributed by atoms with Crippen LogP contribution in [0.15, 0.2) is 0 Å². The van der Waals surface area contributed by atoms with Gasteiger partial charge in [-0.3, -0.25) is 0 Å². The zero-order chi connectivity index (χ0) is 9.28. The molecule has 0 amide bonds. The molecule has 0 fully saturated rings. The van der Waals surface area contributed by atoms with E-state index in [2.05, 4.69) is 15.1 Å². The first-order valence-corrected chi connectivity index (χ1v) is 7.84. The Hall–Kier alpha value is 0.839. The van der Waals surface area contributed by atoms with Gasteiger partial charge in [0.15, 0.2) is 0 Å². The second-order valence-electron chi connectivity index (χ2n) is 3.86. The molecule has 11 heavy (non-hydrogen) atoms. The van der Waals surface area contributed by atoms with E-state index in [9.17, 15) is 4.20 Å². The van der Waals surface area contributed by atoms with Gasteiger partial charge in [0, 0.05) is 0 Å². The summed E-state index contributed by atoms with van der Waals surface area (Å²) in [4.78, 5) is 0. The van der Waals surface area contributed by atoms with E-state index in [0.717, 1.165) is 0 Å². The summed E-state index contributed by atoms with van der Waals surface area (Å²) in [6, 6.07) is -2.69. The molecule has 0 aromatic carbocycles. The molecular weight excluding hydrogens is 229 g/mol. The van der Waals surface area contributed by atoms with Crippen molar-refractivity contribution in [1.29, 1.82) is 0 Å². The van der Waals surface area contributed by atoms with Crippen molar-refractivity contribution in [2.24, 2.45) is 5.41 Å². The van der Waals surface area contributed by atoms with Crippen molar-refractivity contribution in [3.05, 3.63) is 0 Å². The van der Waals surface area contributed by atoms with Gasteiger partial charge in [-0.25, -0.2) is 0 Å². The molecule has 0 bridgehead atoms. The van der Waals surface area contributed by atoms with Crippen molar-refractivity contribution in [3.63, 3.8) is 0 Å². The summed E-state index contributed by atoms with van der Waals surface area (Å²) >= 11 is 2.44. The summed E-state index contributed by atoms with van der Waals surface area (Å²) in [7, 11) is 0. The van der Waals surface area contributed by atoms with E-state index in [1.807, 2.05) is 27.7 Å². The average Bonchev–Trinajstić information content (AvgIpc) is 1.56. The van der Waals surface area contributed by atoms with E-state index in [4.69, 9.17) is 4.52 Å². The fourth-order valence-electron chi connectivity index (χ4n) is 0.441. The zero-order valence-corrected chi connectivity index (χ0v) is 10.3. The first-order chi connectivity index (χ1) is 4.63. The van der Waals surface area contributed by atoms with Crippen molar-refractivity contribution < 1.29 is 8.72 Å². The molecule has 0 rings (SSSR count). The summed E-state index contributed by atoms with van der Waals surface area (Å²) in [5.74, 6) is 0. The van der Waals surface area contributed by atoms with E-state index < -0.39 is 6.05 Å². The Balaban J connectivity index is 4.10. The van der Waals surface area contributed by atoms with Gasteiger partial charge in [0.2, 0.25) is 0 Å². The van der Waals surface area contributed by atoms with E-state index in [1.165, 1.54) is 6.66 Å². The van der Waals surface area contributed by atoms with E-state index in [1.54, 1.807) is 0 Å². The minimum absolute atomic E-state index is 0.0111. The molecule has 0 aromatic heterocycles. The SMILES string of the molecule is CC(OP(C)(F)=[Se])C(C)(C)C. The topological polar surface area (TPSA) is 9.23 Å². The molecule has 0 aromatic rings. The van der Waals surface area contributed by atoms with Gasteiger partial charge in [-0.2, -0.15) is 0 Å². The van der Waals surface area contributed by atoms with Crippen LogP contribution in [0.2, 0.25) is 0 Å². The number of hydrogen-bond acceptors (Lipinski definition) is 1. The van der Waals surface area contributed by atoms with Crippen LogP contribution in [0.3, 0.4) is 0 Å². The molecule has 0 saturated carbocycles. The molecule has 4 heteroatoms. The maximum atomic E-state index is 13.0. The fraction of sp³-hybridized carbons (Fsp3) is 1.00. The van der Waals surface area contributed by atoms with Gasteiger partial charge >= 0.3 is 75.7 Å². The molecule has 0 heterocycles. The molecule has 0 saturated heterocycles. The van der Waals surface area contributed by atoms with Crippen molar-refractivity contribution in [2.75, 3.05) is 6.66 Å². The van der Waals surface area contributed by atoms with Gasteiger partial charge in [-0.05, 0) is 0 Å². The standard InChI is InChI=1S/C7H16FOPSe/c1-6(7(2,3)4)9-10(5,8)11/h6H,1-5H3. The first-order valence-electron chi connectivity index (χ1n) is 3.58. The van der Waals surface area contributed by atoms with E-state index in [0.29, 0.717) is 0 Å². The number of rotatable bonds is 2. The summed E-state index contributed by atoms with van der Waals surface area (Å²) in [6.07, 6.45) is -0.0490. The Labute approximate surface area is 76.1 Å². The maximum absolute atomic E-state index is 13.0. The molecule has 68 valence electrons. The second-order valence-corrected chi connectivity index (χ2v) is 9.67. The van der Waals surface area contributed by atoms with Crippen LogP contribution >= 0.6 is 6.05 Å². The van der Waals surface area contributed by atoms with Crippen LogP contribution in [0.25, 0.3) is 0 Å². The molecule has 1 nitrogen and oxygen atoms in total. The van der Waals surface area contributed by atoms with E-state index >= 15 is 0 Å². The molecule has 0 radical (unpaired) electrons. The molecule has 0 aliphatic heterocycles. The Morgan fingerprint density at radius 2 is 1.82 bits per heavy atom. The van der Waals surface area contributed by atoms with Crippen molar-refractivity contribution in [1.82, 2.24) is 0 Å². The summed E-state index contributed by atoms with van der Waals surface area (Å²) in [6.45, 7) is 9.48. The average molecular weight is 245 g/mol. The molecule has 0 N–H and O–H groups in total. The Morgan fingerprint density at radius 1 is 1.45 bits per heavy atom. The van der Waals surface area contributed by atoms with Crippen LogP contribution in [-0.4, -0.2) is 27.9 Å². The normalized spacial score (nSPS) is 20.9. The first kappa shape index (κ1) is 11.8. The molecular formula is C7H16FOPSe. The van der Waals surface area contributed by atoms with Gasteiger partial charge in [0.25, 0.3) is 0 Å². The number of hydrogen-bond donors (Lipinski definition) is 0. The predicted molar refractivity (Wildman–Crippen MR) is 49.7 cm³/mol. The van der Waals surface area contributed by atoms with E-state index in [-0.39, 0.29) is 11.5 Å². The van der Waals surface area contributed by atoms with Crippen molar-refractivity contribution >= 4 is 21.1 Å². The molecule has 2 unspecified atom stereocenters. The monoisotopic (exact) mass is 246 g/mol. The third-order valence-electron chi connectivity index (χ3n) is 1.57. The Kier molecular flexibility index (Phi) is 3.98. The predicted octanol–water partition coefficient (Wildman–Crippen LogP) is 2.97. The van der Waals surface area contributed by atoms with Gasteiger partial charge in [0.05, 0.1) is 0 Å². The second kappa shape index (κ2) is 3.70. The summed E-state index contributed by atoms with van der Waals surface area (Å²) in [5.41, 5.74) is 0.0111. The van der Waals surface area contributed by atoms with Crippen LogP contribution in [0, 0.1) is 5.41 Å². The van der Waals surface area contributed by atoms with Crippen LogP contribution in [0.5, 0.6) is 0 Å². The van der Waals surface area contributed by atoms with Gasteiger partial charge in [-0.15, -0.1) is 0 Å². The van der Waals surface area contributed by atoms with Gasteiger partial charge in [-0.1, -0.05) is 0 Å². The van der Waals surface area contributed by atoms with Crippen molar-refractivity contribution in [2.45, 2.75) is 33.8 Å². The third kappa shape index (κ3) is 6.04. The molecule has 0 spiro atoms. The molecule has 0 aliphatic carbocycles. The minimum atomic E-state index is -2.69. The van der Waals surface area contributed by atoms with Crippen LogP contribution in [0.4, 0.5) is 4.20 Å². The van der Waals surface area contributed by atoms with Crippen LogP contribution < -0.4 is 0 Å². The Bertz CT molecular complexity index is 170. The summed E-state index contributed by atoms with van der Waals surface area (Å²) in [5, 5.41) is 0. The van der Waals surface area contributed by atoms with Crippen LogP contribution in [-0.2, 0) is 4.52 Å². The van der Waals surface area contributed by atoms with Crippen LogP contribution in [0.1, 0.15) is 27.7 Å². The fourth-order valence-corrected chi connectivity index (χ4v) is 2.13. The molecule has 2 atom stereocenters. The van der Waals surface area contributed by atoms with Crippen molar-refractivity contribution in [3.8, 4) is 0 Å². The van der Waals surface area contributed by atoms with Gasteiger partial charge in [0.1, 0.15) is 0 Å². The van der Waals surface area contributed by atoms with Gasteiger partial charge < -0.3 is 0 Å². The number of halogens is 1. The third-order valence-corrected chi connectivity index (χ3v) is 2.80. The Morgan fingerprint density at radius 3 is 1.91 bits per heavy atom.